The summed E-state index contributed by atoms with van der Waals surface area (Å²) in [7, 11) is -3.87. The number of piperidine rings is 1. The second-order valence-electron chi connectivity index (χ2n) is 6.34. The molecule has 0 aromatic heterocycles. The third-order valence-corrected chi connectivity index (χ3v) is 6.83. The van der Waals surface area contributed by atoms with Crippen molar-refractivity contribution >= 4 is 21.6 Å². The predicted molar refractivity (Wildman–Crippen MR) is 94.6 cm³/mol. The summed E-state index contributed by atoms with van der Waals surface area (Å²) in [5, 5.41) is 10.0. The van der Waals surface area contributed by atoms with Crippen LogP contribution in [0.1, 0.15) is 24.3 Å². The van der Waals surface area contributed by atoms with Gasteiger partial charge in [0.2, 0.25) is 10.0 Å². The van der Waals surface area contributed by atoms with Crippen molar-refractivity contribution in [2.24, 2.45) is 0 Å². The van der Waals surface area contributed by atoms with Crippen molar-refractivity contribution in [1.29, 1.82) is 0 Å². The maximum absolute atomic E-state index is 13.5. The summed E-state index contributed by atoms with van der Waals surface area (Å²) in [5.41, 5.74) is 0.412. The minimum Gasteiger partial charge on any atom is -0.395 e. The Morgan fingerprint density at radius 3 is 2.27 bits per heavy atom. The van der Waals surface area contributed by atoms with Crippen LogP contribution in [-0.4, -0.2) is 37.0 Å². The Kier molecular flexibility index (Phi) is 5.62. The Hall–Kier alpha value is -1.54. The van der Waals surface area contributed by atoms with Gasteiger partial charge in [-0.2, -0.15) is 4.31 Å². The zero-order valence-electron chi connectivity index (χ0n) is 13.8. The quantitative estimate of drug-likeness (QED) is 0.852. The molecule has 4 nitrogen and oxygen atoms in total. The van der Waals surface area contributed by atoms with Gasteiger partial charge < -0.3 is 5.11 Å². The highest BCUT2D eigenvalue weighted by Crippen LogP contribution is 2.34. The van der Waals surface area contributed by atoms with Gasteiger partial charge in [-0.15, -0.1) is 0 Å². The van der Waals surface area contributed by atoms with E-state index >= 15 is 0 Å². The first-order chi connectivity index (χ1) is 12.3. The van der Waals surface area contributed by atoms with Crippen LogP contribution in [0.4, 0.5) is 8.78 Å². The fourth-order valence-electron chi connectivity index (χ4n) is 3.30. The Morgan fingerprint density at radius 1 is 1.08 bits per heavy atom. The van der Waals surface area contributed by atoms with Gasteiger partial charge in [0.15, 0.2) is 0 Å². The monoisotopic (exact) mass is 401 g/mol. The highest BCUT2D eigenvalue weighted by Gasteiger charge is 2.37. The van der Waals surface area contributed by atoms with Gasteiger partial charge in [0.1, 0.15) is 11.6 Å². The van der Waals surface area contributed by atoms with Crippen LogP contribution in [0.2, 0.25) is 5.02 Å². The molecule has 0 aliphatic carbocycles. The smallest absolute Gasteiger partial charge is 0.243 e. The molecular formula is C18H18ClF2NO3S. The molecule has 2 aromatic rings. The standard InChI is InChI=1S/C18H18ClF2NO3S/c19-14-2-5-18(6-3-14)26(24,25)22-10-12(1-4-17(22)11-23)13-7-15(20)9-16(21)8-13/h2-3,5-9,12,17,23H,1,4,10-11H2/t12?,17-/m1/s1. The second kappa shape index (κ2) is 7.60. The molecule has 0 spiro atoms. The van der Waals surface area contributed by atoms with E-state index < -0.39 is 27.7 Å². The normalized spacial score (nSPS) is 21.7. The van der Waals surface area contributed by atoms with E-state index in [1.807, 2.05) is 0 Å². The molecule has 0 amide bonds. The predicted octanol–water partition coefficient (Wildman–Crippen LogP) is 3.55. The number of aliphatic hydroxyl groups is 1. The third-order valence-electron chi connectivity index (χ3n) is 4.64. The SMILES string of the molecule is O=S(=O)(c1ccc(Cl)cc1)N1CC(c2cc(F)cc(F)c2)CC[C@@H]1CO. The number of hydrogen-bond donors (Lipinski definition) is 1. The average Bonchev–Trinajstić information content (AvgIpc) is 2.60. The molecule has 1 aliphatic rings. The van der Waals surface area contributed by atoms with Crippen molar-refractivity contribution in [3.8, 4) is 0 Å². The van der Waals surface area contributed by atoms with Crippen molar-refractivity contribution < 1.29 is 22.3 Å². The van der Waals surface area contributed by atoms with E-state index in [1.165, 1.54) is 40.7 Å². The van der Waals surface area contributed by atoms with E-state index in [1.54, 1.807) is 0 Å². The zero-order valence-corrected chi connectivity index (χ0v) is 15.4. The van der Waals surface area contributed by atoms with Crippen molar-refractivity contribution in [3.05, 3.63) is 64.7 Å². The lowest BCUT2D eigenvalue weighted by atomic mass is 9.89. The second-order valence-corrected chi connectivity index (χ2v) is 8.67. The minimum atomic E-state index is -3.87. The van der Waals surface area contributed by atoms with Crippen LogP contribution in [0.5, 0.6) is 0 Å². The van der Waals surface area contributed by atoms with Crippen LogP contribution in [-0.2, 0) is 10.0 Å². The number of benzene rings is 2. The lowest BCUT2D eigenvalue weighted by Crippen LogP contribution is -2.47. The van der Waals surface area contributed by atoms with Gasteiger partial charge in [-0.05, 0) is 60.7 Å². The van der Waals surface area contributed by atoms with Gasteiger partial charge in [0.25, 0.3) is 0 Å². The molecule has 1 unspecified atom stereocenters. The lowest BCUT2D eigenvalue weighted by Gasteiger charge is -2.38. The Bertz CT molecular complexity index is 870. The van der Waals surface area contributed by atoms with Gasteiger partial charge in [0.05, 0.1) is 11.5 Å². The molecule has 1 saturated heterocycles. The molecule has 8 heteroatoms. The number of aliphatic hydroxyl groups excluding tert-OH is 1. The fourth-order valence-corrected chi connectivity index (χ4v) is 5.11. The van der Waals surface area contributed by atoms with Crippen LogP contribution in [0, 0.1) is 11.6 Å². The summed E-state index contributed by atoms with van der Waals surface area (Å²) in [6, 6.07) is 8.41. The van der Waals surface area contributed by atoms with Crippen molar-refractivity contribution in [2.45, 2.75) is 29.7 Å². The number of rotatable bonds is 4. The maximum Gasteiger partial charge on any atom is 0.243 e. The first-order valence-corrected chi connectivity index (χ1v) is 9.97. The minimum absolute atomic E-state index is 0.0408. The molecule has 0 bridgehead atoms. The van der Waals surface area contributed by atoms with Crippen LogP contribution in [0.25, 0.3) is 0 Å². The lowest BCUT2D eigenvalue weighted by molar-refractivity contribution is 0.145. The topological polar surface area (TPSA) is 57.6 Å². The number of nitrogens with zero attached hydrogens (tertiary/aromatic N) is 1. The van der Waals surface area contributed by atoms with Gasteiger partial charge in [-0.3, -0.25) is 0 Å². The fraction of sp³-hybridized carbons (Fsp3) is 0.333. The van der Waals surface area contributed by atoms with Gasteiger partial charge in [0, 0.05) is 23.7 Å². The van der Waals surface area contributed by atoms with Crippen molar-refractivity contribution in [3.63, 3.8) is 0 Å². The highest BCUT2D eigenvalue weighted by atomic mass is 35.5. The summed E-state index contributed by atoms with van der Waals surface area (Å²) < 4.78 is 54.3. The van der Waals surface area contributed by atoms with E-state index in [0.717, 1.165) is 6.07 Å². The van der Waals surface area contributed by atoms with Crippen molar-refractivity contribution in [1.82, 2.24) is 4.31 Å². The van der Waals surface area contributed by atoms with E-state index in [2.05, 4.69) is 0 Å². The summed E-state index contributed by atoms with van der Waals surface area (Å²) in [4.78, 5) is 0.0615. The van der Waals surface area contributed by atoms with E-state index in [4.69, 9.17) is 11.6 Å². The molecule has 26 heavy (non-hydrogen) atoms. The summed E-state index contributed by atoms with van der Waals surface area (Å²) >= 11 is 5.82. The molecule has 3 rings (SSSR count). The molecule has 1 fully saturated rings. The average molecular weight is 402 g/mol. The number of halogens is 3. The molecule has 1 N–H and O–H groups in total. The Labute approximate surface area is 156 Å². The van der Waals surface area contributed by atoms with E-state index in [-0.39, 0.29) is 24.0 Å². The molecule has 0 radical (unpaired) electrons. The van der Waals surface area contributed by atoms with Crippen LogP contribution in [0.3, 0.4) is 0 Å². The van der Waals surface area contributed by atoms with Crippen LogP contribution in [0.15, 0.2) is 47.4 Å². The van der Waals surface area contributed by atoms with Crippen LogP contribution >= 0.6 is 11.6 Å². The van der Waals surface area contributed by atoms with Gasteiger partial charge in [-0.1, -0.05) is 11.6 Å². The molecule has 0 saturated carbocycles. The largest absolute Gasteiger partial charge is 0.395 e. The van der Waals surface area contributed by atoms with E-state index in [9.17, 15) is 22.3 Å². The molecular weight excluding hydrogens is 384 g/mol. The summed E-state index contributed by atoms with van der Waals surface area (Å²) in [5.74, 6) is -1.75. The maximum atomic E-state index is 13.5. The third kappa shape index (κ3) is 3.91. The molecule has 2 aromatic carbocycles. The van der Waals surface area contributed by atoms with Crippen molar-refractivity contribution in [2.75, 3.05) is 13.2 Å². The zero-order chi connectivity index (χ0) is 18.9. The van der Waals surface area contributed by atoms with Gasteiger partial charge in [-0.25, -0.2) is 17.2 Å². The summed E-state index contributed by atoms with van der Waals surface area (Å²) in [6.07, 6.45) is 0.923. The Morgan fingerprint density at radius 2 is 1.69 bits per heavy atom. The van der Waals surface area contributed by atoms with Crippen LogP contribution < -0.4 is 0 Å². The van der Waals surface area contributed by atoms with Gasteiger partial charge >= 0.3 is 0 Å². The summed E-state index contributed by atoms with van der Waals surface area (Å²) in [6.45, 7) is -0.282. The first kappa shape index (κ1) is 19.2. The number of sulfonamides is 1. The molecule has 1 aliphatic heterocycles. The van der Waals surface area contributed by atoms with E-state index in [0.29, 0.717) is 23.4 Å². The molecule has 1 heterocycles. The molecule has 140 valence electrons. The first-order valence-electron chi connectivity index (χ1n) is 8.15. The number of hydrogen-bond acceptors (Lipinski definition) is 3. The molecule has 2 atom stereocenters. The Balaban J connectivity index is 1.94. The highest BCUT2D eigenvalue weighted by molar-refractivity contribution is 7.89.